The second kappa shape index (κ2) is 6.39. The molecule has 0 spiro atoms. The maximum Gasteiger partial charge on any atom is 0.240 e. The summed E-state index contributed by atoms with van der Waals surface area (Å²) in [5, 5.41) is 13.5. The normalized spacial score (nSPS) is 26.8. The summed E-state index contributed by atoms with van der Waals surface area (Å²) in [5.41, 5.74) is -0.426. The van der Waals surface area contributed by atoms with Crippen molar-refractivity contribution in [3.63, 3.8) is 0 Å². The van der Waals surface area contributed by atoms with E-state index in [1.165, 1.54) is 0 Å². The van der Waals surface area contributed by atoms with Crippen LogP contribution in [0.1, 0.15) is 33.6 Å². The van der Waals surface area contributed by atoms with E-state index in [9.17, 15) is 9.90 Å². The molecule has 2 N–H and O–H groups in total. The van der Waals surface area contributed by atoms with Crippen molar-refractivity contribution in [1.82, 2.24) is 15.1 Å². The van der Waals surface area contributed by atoms with E-state index in [-0.39, 0.29) is 11.9 Å². The van der Waals surface area contributed by atoms with Gasteiger partial charge in [0.15, 0.2) is 0 Å². The molecule has 0 aliphatic carbocycles. The van der Waals surface area contributed by atoms with Crippen molar-refractivity contribution in [2.24, 2.45) is 0 Å². The van der Waals surface area contributed by atoms with E-state index < -0.39 is 12.0 Å². The van der Waals surface area contributed by atoms with Crippen molar-refractivity contribution < 1.29 is 14.6 Å². The average molecular weight is 285 g/mol. The highest BCUT2D eigenvalue weighted by Crippen LogP contribution is 2.24. The molecule has 6 nitrogen and oxygen atoms in total. The van der Waals surface area contributed by atoms with Gasteiger partial charge in [-0.3, -0.25) is 4.79 Å². The van der Waals surface area contributed by atoms with Crippen LogP contribution in [0.2, 0.25) is 0 Å². The Morgan fingerprint density at radius 2 is 1.95 bits per heavy atom. The third-order valence-electron chi connectivity index (χ3n) is 3.75. The Morgan fingerprint density at radius 3 is 2.55 bits per heavy atom. The third-order valence-corrected chi connectivity index (χ3v) is 3.75. The van der Waals surface area contributed by atoms with Gasteiger partial charge in [-0.05, 0) is 33.6 Å². The summed E-state index contributed by atoms with van der Waals surface area (Å²) >= 11 is 0. The van der Waals surface area contributed by atoms with Gasteiger partial charge in [0.2, 0.25) is 12.3 Å². The van der Waals surface area contributed by atoms with E-state index in [0.29, 0.717) is 6.54 Å². The monoisotopic (exact) mass is 285 g/mol. The Balaban J connectivity index is 1.97. The number of carbonyl (C=O) groups is 1. The maximum atomic E-state index is 12.6. The van der Waals surface area contributed by atoms with Gasteiger partial charge in [-0.1, -0.05) is 0 Å². The number of amides is 1. The van der Waals surface area contributed by atoms with Crippen molar-refractivity contribution in [1.29, 1.82) is 0 Å². The zero-order chi connectivity index (χ0) is 14.8. The number of aliphatic hydroxyl groups excluding tert-OH is 1. The first kappa shape index (κ1) is 15.7. The van der Waals surface area contributed by atoms with E-state index in [0.717, 1.165) is 39.0 Å². The molecule has 1 amide bonds. The first-order valence-electron chi connectivity index (χ1n) is 7.49. The molecule has 0 aromatic rings. The third kappa shape index (κ3) is 3.91. The summed E-state index contributed by atoms with van der Waals surface area (Å²) in [4.78, 5) is 16.3. The number of nitrogens with zero attached hydrogens (tertiary/aromatic N) is 2. The molecule has 0 aromatic carbocycles. The largest absolute Gasteiger partial charge is 0.356 e. The predicted molar refractivity (Wildman–Crippen MR) is 76.0 cm³/mol. The van der Waals surface area contributed by atoms with E-state index >= 15 is 0 Å². The highest BCUT2D eigenvalue weighted by molar-refractivity contribution is 5.82. The molecule has 6 heteroatoms. The number of aliphatic hydroxyl groups is 1. The molecule has 20 heavy (non-hydrogen) atoms. The minimum Gasteiger partial charge on any atom is -0.356 e. The fraction of sp³-hybridized carbons (Fsp3) is 0.929. The predicted octanol–water partition coefficient (Wildman–Crippen LogP) is -0.0264. The number of carbonyl (C=O) groups excluding carboxylic acids is 1. The molecular formula is C14H27N3O3. The summed E-state index contributed by atoms with van der Waals surface area (Å²) in [6, 6.07) is -0.245. The molecule has 2 aliphatic rings. The van der Waals surface area contributed by atoms with Crippen molar-refractivity contribution in [2.75, 3.05) is 32.7 Å². The van der Waals surface area contributed by atoms with Crippen LogP contribution in [0.15, 0.2) is 0 Å². The zero-order valence-corrected chi connectivity index (χ0v) is 12.8. The van der Waals surface area contributed by atoms with Gasteiger partial charge in [0.25, 0.3) is 0 Å². The Labute approximate surface area is 121 Å². The van der Waals surface area contributed by atoms with Crippen LogP contribution in [0.5, 0.6) is 0 Å². The van der Waals surface area contributed by atoms with Crippen LogP contribution in [0.4, 0.5) is 0 Å². The SMILES string of the molecule is CC(C)(C)OC(O)N1CCC[C@@H]1C(=O)N1CCNCC1. The topological polar surface area (TPSA) is 65.0 Å². The number of piperazine rings is 1. The minimum atomic E-state index is -1.01. The molecule has 2 atom stereocenters. The molecule has 2 saturated heterocycles. The summed E-state index contributed by atoms with van der Waals surface area (Å²) in [6.45, 7) is 9.61. The number of nitrogens with one attached hydrogen (secondary N) is 1. The molecule has 2 rings (SSSR count). The Hall–Kier alpha value is -0.690. The minimum absolute atomic E-state index is 0.126. The van der Waals surface area contributed by atoms with Crippen LogP contribution < -0.4 is 5.32 Å². The number of hydrogen-bond acceptors (Lipinski definition) is 5. The Morgan fingerprint density at radius 1 is 1.30 bits per heavy atom. The smallest absolute Gasteiger partial charge is 0.240 e. The molecule has 0 aromatic heterocycles. The molecule has 1 unspecified atom stereocenters. The molecular weight excluding hydrogens is 258 g/mol. The fourth-order valence-corrected chi connectivity index (χ4v) is 2.80. The van der Waals surface area contributed by atoms with Gasteiger partial charge < -0.3 is 20.1 Å². The number of ether oxygens (including phenoxy) is 1. The van der Waals surface area contributed by atoms with E-state index in [2.05, 4.69) is 5.32 Å². The maximum absolute atomic E-state index is 12.6. The van der Waals surface area contributed by atoms with Gasteiger partial charge >= 0.3 is 0 Å². The van der Waals surface area contributed by atoms with Crippen LogP contribution >= 0.6 is 0 Å². The first-order chi connectivity index (χ1) is 9.38. The van der Waals surface area contributed by atoms with Gasteiger partial charge in [0.05, 0.1) is 11.6 Å². The second-order valence-electron chi connectivity index (χ2n) is 6.53. The summed E-state index contributed by atoms with van der Waals surface area (Å²) in [5.74, 6) is 0.126. The fourth-order valence-electron chi connectivity index (χ4n) is 2.80. The number of hydrogen-bond donors (Lipinski definition) is 2. The van der Waals surface area contributed by atoms with Crippen LogP contribution in [0.3, 0.4) is 0 Å². The lowest BCUT2D eigenvalue weighted by Gasteiger charge is -2.36. The highest BCUT2D eigenvalue weighted by Gasteiger charge is 2.38. The van der Waals surface area contributed by atoms with Gasteiger partial charge in [0, 0.05) is 32.7 Å². The van der Waals surface area contributed by atoms with Gasteiger partial charge in [-0.15, -0.1) is 0 Å². The average Bonchev–Trinajstić information content (AvgIpc) is 2.86. The standard InChI is InChI=1S/C14H27N3O3/c1-14(2,3)20-13(19)17-8-4-5-11(17)12(18)16-9-6-15-7-10-16/h11,13,15,19H,4-10H2,1-3H3/t11-,13?/m1/s1. The molecule has 2 aliphatic heterocycles. The summed E-state index contributed by atoms with van der Waals surface area (Å²) in [7, 11) is 0. The lowest BCUT2D eigenvalue weighted by molar-refractivity contribution is -0.242. The van der Waals surface area contributed by atoms with Gasteiger partial charge in [-0.25, -0.2) is 4.90 Å². The van der Waals surface area contributed by atoms with E-state index in [1.807, 2.05) is 25.7 Å². The van der Waals surface area contributed by atoms with Crippen molar-refractivity contribution in [3.8, 4) is 0 Å². The number of likely N-dealkylation sites (tertiary alicyclic amines) is 1. The lowest BCUT2D eigenvalue weighted by Crippen LogP contribution is -2.55. The van der Waals surface area contributed by atoms with Gasteiger partial charge in [0.1, 0.15) is 0 Å². The van der Waals surface area contributed by atoms with E-state index in [4.69, 9.17) is 4.74 Å². The summed E-state index contributed by atoms with van der Waals surface area (Å²) < 4.78 is 5.59. The highest BCUT2D eigenvalue weighted by atomic mass is 16.6. The lowest BCUT2D eigenvalue weighted by atomic mass is 10.1. The molecule has 0 radical (unpaired) electrons. The van der Waals surface area contributed by atoms with E-state index in [1.54, 1.807) is 4.90 Å². The molecule has 116 valence electrons. The van der Waals surface area contributed by atoms with Crippen LogP contribution in [0.25, 0.3) is 0 Å². The molecule has 2 heterocycles. The summed E-state index contributed by atoms with van der Waals surface area (Å²) in [6.07, 6.45) is 0.717. The van der Waals surface area contributed by atoms with Gasteiger partial charge in [-0.2, -0.15) is 0 Å². The van der Waals surface area contributed by atoms with Crippen molar-refractivity contribution >= 4 is 5.91 Å². The second-order valence-corrected chi connectivity index (χ2v) is 6.53. The Bertz CT molecular complexity index is 337. The first-order valence-corrected chi connectivity index (χ1v) is 7.49. The number of rotatable bonds is 3. The Kier molecular flexibility index (Phi) is 5.01. The quantitative estimate of drug-likeness (QED) is 0.713. The molecule has 0 saturated carbocycles. The molecule has 0 bridgehead atoms. The van der Waals surface area contributed by atoms with Crippen LogP contribution in [-0.2, 0) is 9.53 Å². The van der Waals surface area contributed by atoms with Crippen LogP contribution in [-0.4, -0.2) is 71.6 Å². The molecule has 2 fully saturated rings. The van der Waals surface area contributed by atoms with Crippen molar-refractivity contribution in [3.05, 3.63) is 0 Å². The van der Waals surface area contributed by atoms with Crippen molar-refractivity contribution in [2.45, 2.75) is 51.7 Å². The van der Waals surface area contributed by atoms with Crippen LogP contribution in [0, 0.1) is 0 Å². The zero-order valence-electron chi connectivity index (χ0n) is 12.8.